The van der Waals surface area contributed by atoms with Crippen molar-refractivity contribution in [3.63, 3.8) is 0 Å². The van der Waals surface area contributed by atoms with Crippen LogP contribution in [0.4, 0.5) is 4.39 Å². The molecule has 0 radical (unpaired) electrons. The molecule has 0 aliphatic carbocycles. The molecule has 5 nitrogen and oxygen atoms in total. The Hall–Kier alpha value is -2.02. The van der Waals surface area contributed by atoms with E-state index in [0.717, 1.165) is 11.5 Å². The topological polar surface area (TPSA) is 64.1 Å². The van der Waals surface area contributed by atoms with Crippen LogP contribution < -0.4 is 10.1 Å². The third-order valence-corrected chi connectivity index (χ3v) is 3.89. The van der Waals surface area contributed by atoms with E-state index in [-0.39, 0.29) is 17.7 Å². The standard InChI is InChI=1S/C14H16FN3O2S/c1-4-11-13(21-18-17-11)14(19)16-8(2)9-5-6-12(20-3)10(15)7-9/h5-8H,4H2,1-3H3,(H,16,19)/t8-/m1/s1. The predicted octanol–water partition coefficient (Wildman–Crippen LogP) is 2.74. The van der Waals surface area contributed by atoms with Crippen LogP contribution in [0.2, 0.25) is 0 Å². The molecule has 1 N–H and O–H groups in total. The molecule has 0 aliphatic rings. The number of amides is 1. The van der Waals surface area contributed by atoms with Crippen molar-refractivity contribution in [3.8, 4) is 5.75 Å². The van der Waals surface area contributed by atoms with Gasteiger partial charge in [0.1, 0.15) is 4.88 Å². The molecule has 1 aromatic carbocycles. The molecule has 0 bridgehead atoms. The fraction of sp³-hybridized carbons (Fsp3) is 0.357. The molecule has 1 amide bonds. The van der Waals surface area contributed by atoms with Crippen LogP contribution in [0.5, 0.6) is 5.75 Å². The van der Waals surface area contributed by atoms with E-state index < -0.39 is 5.82 Å². The summed E-state index contributed by atoms with van der Waals surface area (Å²) in [6.45, 7) is 3.70. The maximum atomic E-state index is 13.7. The first-order chi connectivity index (χ1) is 10.1. The van der Waals surface area contributed by atoms with Gasteiger partial charge in [-0.1, -0.05) is 17.5 Å². The Balaban J connectivity index is 2.12. The van der Waals surface area contributed by atoms with Crippen molar-refractivity contribution in [2.24, 2.45) is 0 Å². The molecule has 2 rings (SSSR count). The molecule has 2 aromatic rings. The van der Waals surface area contributed by atoms with Crippen LogP contribution in [0.15, 0.2) is 18.2 Å². The second-order valence-electron chi connectivity index (χ2n) is 4.49. The Kier molecular flexibility index (Phi) is 4.85. The minimum absolute atomic E-state index is 0.178. The first kappa shape index (κ1) is 15.4. The van der Waals surface area contributed by atoms with Crippen LogP contribution in [0.3, 0.4) is 0 Å². The lowest BCUT2D eigenvalue weighted by atomic mass is 10.1. The first-order valence-corrected chi connectivity index (χ1v) is 7.29. The van der Waals surface area contributed by atoms with Gasteiger partial charge in [-0.05, 0) is 42.6 Å². The number of aryl methyl sites for hydroxylation is 1. The maximum Gasteiger partial charge on any atom is 0.265 e. The molecule has 1 heterocycles. The number of methoxy groups -OCH3 is 1. The average Bonchev–Trinajstić information content (AvgIpc) is 2.95. The number of carbonyl (C=O) groups is 1. The number of aromatic nitrogens is 2. The Labute approximate surface area is 126 Å². The highest BCUT2D eigenvalue weighted by atomic mass is 32.1. The molecule has 0 spiro atoms. The van der Waals surface area contributed by atoms with Crippen LogP contribution in [-0.2, 0) is 6.42 Å². The largest absolute Gasteiger partial charge is 0.494 e. The van der Waals surface area contributed by atoms with Crippen LogP contribution in [0.1, 0.15) is 40.8 Å². The third-order valence-electron chi connectivity index (χ3n) is 3.12. The Bertz CT molecular complexity index is 645. The Morgan fingerprint density at radius 2 is 2.29 bits per heavy atom. The summed E-state index contributed by atoms with van der Waals surface area (Å²) in [4.78, 5) is 12.7. The Morgan fingerprint density at radius 3 is 2.90 bits per heavy atom. The van der Waals surface area contributed by atoms with Gasteiger partial charge in [0.15, 0.2) is 11.6 Å². The zero-order chi connectivity index (χ0) is 15.4. The summed E-state index contributed by atoms with van der Waals surface area (Å²) in [6, 6.07) is 4.29. The SMILES string of the molecule is CCc1nnsc1C(=O)N[C@H](C)c1ccc(OC)c(F)c1. The minimum atomic E-state index is -0.454. The van der Waals surface area contributed by atoms with Gasteiger partial charge < -0.3 is 10.1 Å². The summed E-state index contributed by atoms with van der Waals surface area (Å²) in [6.07, 6.45) is 0.644. The highest BCUT2D eigenvalue weighted by molar-refractivity contribution is 7.08. The number of carbonyl (C=O) groups excluding carboxylic acids is 1. The lowest BCUT2D eigenvalue weighted by molar-refractivity contribution is 0.0943. The maximum absolute atomic E-state index is 13.7. The number of rotatable bonds is 5. The van der Waals surface area contributed by atoms with Gasteiger partial charge >= 0.3 is 0 Å². The van der Waals surface area contributed by atoms with E-state index in [0.29, 0.717) is 22.6 Å². The van der Waals surface area contributed by atoms with Gasteiger partial charge in [-0.25, -0.2) is 4.39 Å². The monoisotopic (exact) mass is 309 g/mol. The summed E-state index contributed by atoms with van der Waals surface area (Å²) in [5.74, 6) is -0.521. The zero-order valence-corrected chi connectivity index (χ0v) is 12.8. The lowest BCUT2D eigenvalue weighted by Gasteiger charge is -2.14. The molecule has 0 fully saturated rings. The molecule has 21 heavy (non-hydrogen) atoms. The van der Waals surface area contributed by atoms with Crippen molar-refractivity contribution in [2.45, 2.75) is 26.3 Å². The van der Waals surface area contributed by atoms with Gasteiger partial charge in [0.25, 0.3) is 5.91 Å². The van der Waals surface area contributed by atoms with E-state index in [2.05, 4.69) is 14.9 Å². The normalized spacial score (nSPS) is 12.0. The van der Waals surface area contributed by atoms with E-state index in [4.69, 9.17) is 4.74 Å². The summed E-state index contributed by atoms with van der Waals surface area (Å²) < 4.78 is 22.3. The summed E-state index contributed by atoms with van der Waals surface area (Å²) in [7, 11) is 1.41. The predicted molar refractivity (Wildman–Crippen MR) is 78.1 cm³/mol. The van der Waals surface area contributed by atoms with Crippen molar-refractivity contribution in [1.29, 1.82) is 0 Å². The van der Waals surface area contributed by atoms with Crippen LogP contribution in [-0.4, -0.2) is 22.6 Å². The highest BCUT2D eigenvalue weighted by Gasteiger charge is 2.18. The molecule has 0 aliphatic heterocycles. The van der Waals surface area contributed by atoms with E-state index in [9.17, 15) is 9.18 Å². The van der Waals surface area contributed by atoms with E-state index >= 15 is 0 Å². The number of ether oxygens (including phenoxy) is 1. The second kappa shape index (κ2) is 6.62. The molecule has 1 aromatic heterocycles. The molecule has 0 saturated carbocycles. The highest BCUT2D eigenvalue weighted by Crippen LogP contribution is 2.22. The number of benzene rings is 1. The quantitative estimate of drug-likeness (QED) is 0.922. The van der Waals surface area contributed by atoms with Crippen LogP contribution >= 0.6 is 11.5 Å². The number of hydrogen-bond donors (Lipinski definition) is 1. The molecule has 1 atom stereocenters. The van der Waals surface area contributed by atoms with Gasteiger partial charge in [-0.2, -0.15) is 0 Å². The van der Waals surface area contributed by atoms with Gasteiger partial charge in [-0.3, -0.25) is 4.79 Å². The van der Waals surface area contributed by atoms with Crippen molar-refractivity contribution >= 4 is 17.4 Å². The van der Waals surface area contributed by atoms with Gasteiger partial charge in [0.2, 0.25) is 0 Å². The van der Waals surface area contributed by atoms with Crippen molar-refractivity contribution < 1.29 is 13.9 Å². The fourth-order valence-corrected chi connectivity index (χ4v) is 2.56. The van der Waals surface area contributed by atoms with Crippen LogP contribution in [0, 0.1) is 5.82 Å². The van der Waals surface area contributed by atoms with Crippen molar-refractivity contribution in [3.05, 3.63) is 40.2 Å². The van der Waals surface area contributed by atoms with Crippen LogP contribution in [0.25, 0.3) is 0 Å². The number of nitrogens with one attached hydrogen (secondary N) is 1. The van der Waals surface area contributed by atoms with Gasteiger partial charge in [0, 0.05) is 0 Å². The number of halogens is 1. The first-order valence-electron chi connectivity index (χ1n) is 6.52. The molecular formula is C14H16FN3O2S. The summed E-state index contributed by atoms with van der Waals surface area (Å²) >= 11 is 1.06. The molecule has 112 valence electrons. The average molecular weight is 309 g/mol. The number of hydrogen-bond acceptors (Lipinski definition) is 5. The third kappa shape index (κ3) is 3.36. The second-order valence-corrected chi connectivity index (χ2v) is 5.25. The smallest absolute Gasteiger partial charge is 0.265 e. The van der Waals surface area contributed by atoms with Gasteiger partial charge in [-0.15, -0.1) is 5.10 Å². The molecular weight excluding hydrogens is 293 g/mol. The van der Waals surface area contributed by atoms with E-state index in [1.807, 2.05) is 6.92 Å². The van der Waals surface area contributed by atoms with Crippen molar-refractivity contribution in [2.75, 3.05) is 7.11 Å². The summed E-state index contributed by atoms with van der Waals surface area (Å²) in [5.41, 5.74) is 1.34. The molecule has 0 saturated heterocycles. The summed E-state index contributed by atoms with van der Waals surface area (Å²) in [5, 5.41) is 6.73. The molecule has 7 heteroatoms. The Morgan fingerprint density at radius 1 is 1.52 bits per heavy atom. The van der Waals surface area contributed by atoms with E-state index in [1.54, 1.807) is 19.1 Å². The lowest BCUT2D eigenvalue weighted by Crippen LogP contribution is -2.26. The zero-order valence-electron chi connectivity index (χ0n) is 12.0. The number of nitrogens with zero attached hydrogens (tertiary/aromatic N) is 2. The van der Waals surface area contributed by atoms with Crippen molar-refractivity contribution in [1.82, 2.24) is 14.9 Å². The minimum Gasteiger partial charge on any atom is -0.494 e. The van der Waals surface area contributed by atoms with E-state index in [1.165, 1.54) is 13.2 Å². The fourth-order valence-electron chi connectivity index (χ4n) is 1.91. The molecule has 0 unspecified atom stereocenters. The van der Waals surface area contributed by atoms with Gasteiger partial charge in [0.05, 0.1) is 18.8 Å².